The minimum absolute atomic E-state index is 0.149. The molecule has 2 aliphatic carbocycles. The number of fused-ring (bicyclic) bond motifs is 1. The fraction of sp³-hybridized carbons (Fsp3) is 0.879. The maximum atomic E-state index is 13.7. The van der Waals surface area contributed by atoms with E-state index < -0.39 is 27.5 Å². The monoisotopic (exact) mass is 624 g/mol. The molecule has 10 heteroatoms. The normalized spacial score (nSPS) is 25.9. The molecule has 2 unspecified atom stereocenters. The minimum Gasteiger partial charge on any atom is -0.395 e. The molecule has 43 heavy (non-hydrogen) atoms. The summed E-state index contributed by atoms with van der Waals surface area (Å²) in [6.45, 7) is 12.4. The van der Waals surface area contributed by atoms with Crippen LogP contribution in [0.2, 0.25) is 0 Å². The summed E-state index contributed by atoms with van der Waals surface area (Å²) in [4.78, 5) is 26.2. The standard InChI is InChI=1S/C33H60N4O5S/c1-23(2)21-37(43(41,42)27-16-14-24(3)15-17-27)26(22-38)11-9-10-18-34-31(39)30(36-32(40)33(4,5)6)19-25-20-35-29-13-8-7-12-28(25)29/h20,23-24,26-30,35,38H,7-19,21-22H2,1-6H3,(H,34,39)(H,36,40)/t24?,26-,27?,28?,29?,30-/m0/s1. The summed E-state index contributed by atoms with van der Waals surface area (Å²) >= 11 is 0. The second-order valence-corrected chi connectivity index (χ2v) is 17.0. The van der Waals surface area contributed by atoms with Crippen molar-refractivity contribution in [3.05, 3.63) is 11.8 Å². The highest BCUT2D eigenvalue weighted by molar-refractivity contribution is 7.89. The molecule has 0 bridgehead atoms. The van der Waals surface area contributed by atoms with Gasteiger partial charge in [0, 0.05) is 36.5 Å². The first-order chi connectivity index (χ1) is 20.2. The van der Waals surface area contributed by atoms with Crippen LogP contribution in [0.3, 0.4) is 0 Å². The molecule has 2 fully saturated rings. The Bertz CT molecular complexity index is 1050. The van der Waals surface area contributed by atoms with Crippen molar-refractivity contribution in [1.82, 2.24) is 20.3 Å². The average Bonchev–Trinajstić information content (AvgIpc) is 3.35. The summed E-state index contributed by atoms with van der Waals surface area (Å²) < 4.78 is 28.9. The fourth-order valence-corrected chi connectivity index (χ4v) is 9.18. The van der Waals surface area contributed by atoms with E-state index in [0.717, 1.165) is 25.7 Å². The van der Waals surface area contributed by atoms with E-state index >= 15 is 0 Å². The van der Waals surface area contributed by atoms with Crippen LogP contribution in [0.4, 0.5) is 0 Å². The van der Waals surface area contributed by atoms with E-state index in [1.165, 1.54) is 18.4 Å². The molecule has 4 atom stereocenters. The molecule has 9 nitrogen and oxygen atoms in total. The third kappa shape index (κ3) is 10.2. The Kier molecular flexibility index (Phi) is 13.4. The lowest BCUT2D eigenvalue weighted by Gasteiger charge is -2.36. The predicted molar refractivity (Wildman–Crippen MR) is 173 cm³/mol. The molecule has 0 aromatic heterocycles. The van der Waals surface area contributed by atoms with E-state index in [2.05, 4.69) is 29.1 Å². The maximum absolute atomic E-state index is 13.7. The molecule has 3 rings (SSSR count). The van der Waals surface area contributed by atoms with Crippen LogP contribution in [0.1, 0.15) is 119 Å². The van der Waals surface area contributed by atoms with Gasteiger partial charge in [0.25, 0.3) is 0 Å². The van der Waals surface area contributed by atoms with Gasteiger partial charge in [0.15, 0.2) is 0 Å². The SMILES string of the molecule is CC(C)CN([C@H](CO)CCCCNC(=O)[C@H](CC1=CNC2CCCCC12)NC(=O)C(C)(C)C)S(=O)(=O)C1CCC(C)CC1. The highest BCUT2D eigenvalue weighted by atomic mass is 32.2. The van der Waals surface area contributed by atoms with E-state index in [1.54, 1.807) is 4.31 Å². The van der Waals surface area contributed by atoms with Crippen LogP contribution in [0.15, 0.2) is 11.8 Å². The quantitative estimate of drug-likeness (QED) is 0.199. The number of hydrogen-bond donors (Lipinski definition) is 4. The van der Waals surface area contributed by atoms with Crippen molar-refractivity contribution in [2.24, 2.45) is 23.2 Å². The van der Waals surface area contributed by atoms with Crippen LogP contribution in [-0.2, 0) is 19.6 Å². The first-order valence-electron chi connectivity index (χ1n) is 16.9. The van der Waals surface area contributed by atoms with E-state index in [9.17, 15) is 23.1 Å². The van der Waals surface area contributed by atoms with E-state index in [0.29, 0.717) is 69.5 Å². The topological polar surface area (TPSA) is 128 Å². The van der Waals surface area contributed by atoms with Crippen molar-refractivity contribution in [3.63, 3.8) is 0 Å². The van der Waals surface area contributed by atoms with Crippen molar-refractivity contribution in [2.75, 3.05) is 19.7 Å². The Morgan fingerprint density at radius 1 is 1.07 bits per heavy atom. The van der Waals surface area contributed by atoms with Gasteiger partial charge in [-0.25, -0.2) is 8.42 Å². The number of aliphatic hydroxyl groups excluding tert-OH is 1. The van der Waals surface area contributed by atoms with Gasteiger partial charge in [-0.05, 0) is 81.4 Å². The molecule has 0 radical (unpaired) electrons. The van der Waals surface area contributed by atoms with Crippen molar-refractivity contribution in [3.8, 4) is 0 Å². The second kappa shape index (κ2) is 16.1. The first-order valence-corrected chi connectivity index (χ1v) is 18.4. The van der Waals surface area contributed by atoms with Crippen LogP contribution in [0.5, 0.6) is 0 Å². The number of aliphatic hydroxyl groups is 1. The predicted octanol–water partition coefficient (Wildman–Crippen LogP) is 4.47. The summed E-state index contributed by atoms with van der Waals surface area (Å²) in [5.74, 6) is 0.801. The third-order valence-electron chi connectivity index (χ3n) is 9.61. The lowest BCUT2D eigenvalue weighted by Crippen LogP contribution is -2.50. The summed E-state index contributed by atoms with van der Waals surface area (Å²) in [5, 5.41) is 19.4. The Balaban J connectivity index is 1.56. The van der Waals surface area contributed by atoms with Crippen LogP contribution in [-0.4, -0.2) is 72.7 Å². The van der Waals surface area contributed by atoms with Crippen molar-refractivity contribution in [1.29, 1.82) is 0 Å². The fourth-order valence-electron chi connectivity index (χ4n) is 6.83. The maximum Gasteiger partial charge on any atom is 0.242 e. The molecule has 248 valence electrons. The Labute approximate surface area is 261 Å². The zero-order chi connectivity index (χ0) is 31.8. The summed E-state index contributed by atoms with van der Waals surface area (Å²) in [6, 6.07) is -0.673. The zero-order valence-corrected chi connectivity index (χ0v) is 28.5. The highest BCUT2D eigenvalue weighted by Gasteiger charge is 2.38. The molecule has 3 aliphatic rings. The average molecular weight is 625 g/mol. The zero-order valence-electron chi connectivity index (χ0n) is 27.7. The molecule has 0 aromatic carbocycles. The molecular weight excluding hydrogens is 564 g/mol. The van der Waals surface area contributed by atoms with Gasteiger partial charge in [-0.1, -0.05) is 60.8 Å². The molecule has 1 aliphatic heterocycles. The molecule has 2 saturated carbocycles. The molecular formula is C33H60N4O5S. The number of carbonyl (C=O) groups excluding carboxylic acids is 2. The summed E-state index contributed by atoms with van der Waals surface area (Å²) in [7, 11) is -3.51. The second-order valence-electron chi connectivity index (χ2n) is 14.9. The van der Waals surface area contributed by atoms with Gasteiger partial charge in [-0.3, -0.25) is 9.59 Å². The van der Waals surface area contributed by atoms with E-state index in [-0.39, 0.29) is 29.6 Å². The van der Waals surface area contributed by atoms with Crippen LogP contribution in [0.25, 0.3) is 0 Å². The number of rotatable bonds is 15. The molecule has 0 aromatic rings. The molecule has 1 heterocycles. The lowest BCUT2D eigenvalue weighted by molar-refractivity contribution is -0.133. The molecule has 0 spiro atoms. The van der Waals surface area contributed by atoms with Crippen molar-refractivity contribution >= 4 is 21.8 Å². The Hall–Kier alpha value is -1.65. The smallest absolute Gasteiger partial charge is 0.242 e. The number of sulfonamides is 1. The number of hydrogen-bond acceptors (Lipinski definition) is 6. The van der Waals surface area contributed by atoms with E-state index in [1.807, 2.05) is 34.6 Å². The van der Waals surface area contributed by atoms with Gasteiger partial charge in [-0.2, -0.15) is 4.31 Å². The molecule has 2 amide bonds. The van der Waals surface area contributed by atoms with Crippen molar-refractivity contribution < 1.29 is 23.1 Å². The molecule has 4 N–H and O–H groups in total. The first kappa shape index (κ1) is 35.8. The van der Waals surface area contributed by atoms with Gasteiger partial charge < -0.3 is 21.1 Å². The van der Waals surface area contributed by atoms with Crippen LogP contribution >= 0.6 is 0 Å². The van der Waals surface area contributed by atoms with Gasteiger partial charge in [0.1, 0.15) is 6.04 Å². The lowest BCUT2D eigenvalue weighted by atomic mass is 9.80. The number of nitrogens with one attached hydrogen (secondary N) is 3. The van der Waals surface area contributed by atoms with Crippen LogP contribution in [0, 0.1) is 23.2 Å². The van der Waals surface area contributed by atoms with Gasteiger partial charge in [0.05, 0.1) is 11.9 Å². The van der Waals surface area contributed by atoms with Crippen LogP contribution < -0.4 is 16.0 Å². The Morgan fingerprint density at radius 2 is 1.74 bits per heavy atom. The third-order valence-corrected chi connectivity index (χ3v) is 12.0. The highest BCUT2D eigenvalue weighted by Crippen LogP contribution is 2.36. The number of unbranched alkanes of at least 4 members (excludes halogenated alkanes) is 1. The van der Waals surface area contributed by atoms with E-state index in [4.69, 9.17) is 0 Å². The van der Waals surface area contributed by atoms with Crippen molar-refractivity contribution in [2.45, 2.75) is 142 Å². The number of carbonyl (C=O) groups is 2. The van der Waals surface area contributed by atoms with Gasteiger partial charge in [0.2, 0.25) is 21.8 Å². The summed E-state index contributed by atoms with van der Waals surface area (Å²) in [5.41, 5.74) is 0.606. The van der Waals surface area contributed by atoms with Gasteiger partial charge in [-0.15, -0.1) is 0 Å². The van der Waals surface area contributed by atoms with Gasteiger partial charge >= 0.3 is 0 Å². The minimum atomic E-state index is -3.51. The summed E-state index contributed by atoms with van der Waals surface area (Å²) in [6.07, 6.45) is 12.3. The largest absolute Gasteiger partial charge is 0.395 e. The Morgan fingerprint density at radius 3 is 2.37 bits per heavy atom. The molecule has 0 saturated heterocycles. The number of nitrogens with zero attached hydrogens (tertiary/aromatic N) is 1. The number of amides is 2.